The topological polar surface area (TPSA) is 61.4 Å². The molecule has 0 radical (unpaired) electrons. The lowest BCUT2D eigenvalue weighted by Gasteiger charge is -2.22. The van der Waals surface area contributed by atoms with Gasteiger partial charge in [0.25, 0.3) is 0 Å². The second-order valence-corrected chi connectivity index (χ2v) is 7.80. The smallest absolute Gasteiger partial charge is 0.322 e. The zero-order valence-electron chi connectivity index (χ0n) is 17.9. The van der Waals surface area contributed by atoms with E-state index >= 15 is 0 Å². The van der Waals surface area contributed by atoms with E-state index in [1.54, 1.807) is 7.05 Å². The molecule has 0 aromatic heterocycles. The van der Waals surface area contributed by atoms with Crippen molar-refractivity contribution in [3.05, 3.63) is 58.1 Å². The van der Waals surface area contributed by atoms with E-state index in [9.17, 15) is 9.59 Å². The number of aryl methyl sites for hydroxylation is 4. The van der Waals surface area contributed by atoms with E-state index in [0.29, 0.717) is 0 Å². The number of hydrogen-bond acceptors (Lipinski definition) is 2. The molecule has 5 nitrogen and oxygen atoms in total. The van der Waals surface area contributed by atoms with Crippen LogP contribution in [0.1, 0.15) is 47.6 Å². The third kappa shape index (κ3) is 5.12. The molecule has 0 unspecified atom stereocenters. The van der Waals surface area contributed by atoms with E-state index in [2.05, 4.69) is 24.5 Å². The van der Waals surface area contributed by atoms with Gasteiger partial charge in [0, 0.05) is 18.4 Å². The standard InChI is InChI=1S/C23H31N3O2/c1-14(2)19-10-8-9-16(4)22(19)25-23(28)26(7)13-20(27)24-21-17(5)11-15(3)12-18(21)6/h8-12,14H,13H2,1-7H3,(H,24,27)(H,25,28). The van der Waals surface area contributed by atoms with Crippen LogP contribution in [-0.2, 0) is 4.79 Å². The molecule has 5 heteroatoms. The van der Waals surface area contributed by atoms with Crippen LogP contribution in [0.3, 0.4) is 0 Å². The molecule has 2 rings (SSSR count). The lowest BCUT2D eigenvalue weighted by atomic mass is 9.98. The van der Waals surface area contributed by atoms with Gasteiger partial charge >= 0.3 is 6.03 Å². The number of nitrogens with one attached hydrogen (secondary N) is 2. The molecule has 0 aliphatic rings. The van der Waals surface area contributed by atoms with Gasteiger partial charge in [0.2, 0.25) is 5.91 Å². The monoisotopic (exact) mass is 381 g/mol. The molecule has 2 aromatic carbocycles. The SMILES string of the molecule is Cc1cc(C)c(NC(=O)CN(C)C(=O)Nc2c(C)cccc2C(C)C)c(C)c1. The van der Waals surface area contributed by atoms with E-state index in [1.165, 1.54) is 4.90 Å². The molecule has 0 saturated heterocycles. The maximum atomic E-state index is 12.6. The number of carbonyl (C=O) groups excluding carboxylic acids is 2. The Balaban J connectivity index is 2.06. The normalized spacial score (nSPS) is 10.7. The Morgan fingerprint density at radius 2 is 1.54 bits per heavy atom. The zero-order chi connectivity index (χ0) is 21.0. The molecule has 2 N–H and O–H groups in total. The maximum Gasteiger partial charge on any atom is 0.322 e. The van der Waals surface area contributed by atoms with Crippen LogP contribution in [0, 0.1) is 27.7 Å². The van der Waals surface area contributed by atoms with E-state index < -0.39 is 0 Å². The van der Waals surface area contributed by atoms with E-state index in [4.69, 9.17) is 0 Å². The van der Waals surface area contributed by atoms with Crippen molar-refractivity contribution < 1.29 is 9.59 Å². The second kappa shape index (κ2) is 8.91. The molecule has 0 fully saturated rings. The minimum atomic E-state index is -0.302. The third-order valence-corrected chi connectivity index (χ3v) is 4.83. The fraction of sp³-hybridized carbons (Fsp3) is 0.391. The number of likely N-dealkylation sites (N-methyl/N-ethyl adjacent to an activating group) is 1. The molecular weight excluding hydrogens is 350 g/mol. The quantitative estimate of drug-likeness (QED) is 0.753. The first kappa shape index (κ1) is 21.5. The van der Waals surface area contributed by atoms with Crippen LogP contribution in [-0.4, -0.2) is 30.4 Å². The Bertz CT molecular complexity index is 864. The van der Waals surface area contributed by atoms with Gasteiger partial charge in [-0.05, 0) is 55.9 Å². The molecule has 0 aliphatic heterocycles. The lowest BCUT2D eigenvalue weighted by Crippen LogP contribution is -2.38. The van der Waals surface area contributed by atoms with Crippen molar-refractivity contribution in [3.8, 4) is 0 Å². The first-order valence-corrected chi connectivity index (χ1v) is 9.59. The van der Waals surface area contributed by atoms with Crippen molar-refractivity contribution in [2.75, 3.05) is 24.2 Å². The van der Waals surface area contributed by atoms with Crippen molar-refractivity contribution in [1.82, 2.24) is 4.90 Å². The molecule has 2 aromatic rings. The summed E-state index contributed by atoms with van der Waals surface area (Å²) in [5, 5.41) is 5.90. The van der Waals surface area contributed by atoms with Crippen LogP contribution >= 0.6 is 0 Å². The number of urea groups is 1. The summed E-state index contributed by atoms with van der Waals surface area (Å²) in [7, 11) is 1.62. The summed E-state index contributed by atoms with van der Waals surface area (Å²) in [6.45, 7) is 12.1. The maximum absolute atomic E-state index is 12.6. The molecule has 0 spiro atoms. The predicted molar refractivity (Wildman–Crippen MR) is 116 cm³/mol. The van der Waals surface area contributed by atoms with Crippen molar-refractivity contribution in [1.29, 1.82) is 0 Å². The van der Waals surface area contributed by atoms with Gasteiger partial charge in [-0.3, -0.25) is 4.79 Å². The Morgan fingerprint density at radius 3 is 2.11 bits per heavy atom. The van der Waals surface area contributed by atoms with Crippen LogP contribution in [0.4, 0.5) is 16.2 Å². The highest BCUT2D eigenvalue weighted by Gasteiger charge is 2.17. The molecule has 150 valence electrons. The van der Waals surface area contributed by atoms with Crippen LogP contribution in [0.25, 0.3) is 0 Å². The van der Waals surface area contributed by atoms with Gasteiger partial charge < -0.3 is 15.5 Å². The van der Waals surface area contributed by atoms with Crippen LogP contribution in [0.2, 0.25) is 0 Å². The Hall–Kier alpha value is -2.82. The van der Waals surface area contributed by atoms with Crippen LogP contribution < -0.4 is 10.6 Å². The summed E-state index contributed by atoms with van der Waals surface area (Å²) in [4.78, 5) is 26.5. The fourth-order valence-electron chi connectivity index (χ4n) is 3.39. The molecule has 0 aliphatic carbocycles. The number of amides is 3. The highest BCUT2D eigenvalue weighted by atomic mass is 16.2. The van der Waals surface area contributed by atoms with Crippen molar-refractivity contribution in [2.24, 2.45) is 0 Å². The summed E-state index contributed by atoms with van der Waals surface area (Å²) >= 11 is 0. The molecule has 0 bridgehead atoms. The van der Waals surface area contributed by atoms with Gasteiger partial charge in [-0.25, -0.2) is 4.79 Å². The Labute approximate surface area is 168 Å². The first-order chi connectivity index (χ1) is 13.1. The Kier molecular flexibility index (Phi) is 6.84. The number of para-hydroxylation sites is 1. The molecular formula is C23H31N3O2. The van der Waals surface area contributed by atoms with Crippen molar-refractivity contribution in [3.63, 3.8) is 0 Å². The first-order valence-electron chi connectivity index (χ1n) is 9.59. The summed E-state index contributed by atoms with van der Waals surface area (Å²) in [5.74, 6) is 0.0675. The minimum Gasteiger partial charge on any atom is -0.324 e. The highest BCUT2D eigenvalue weighted by molar-refractivity contribution is 5.98. The highest BCUT2D eigenvalue weighted by Crippen LogP contribution is 2.27. The van der Waals surface area contributed by atoms with Crippen LogP contribution in [0.15, 0.2) is 30.3 Å². The second-order valence-electron chi connectivity index (χ2n) is 7.80. The van der Waals surface area contributed by atoms with Gasteiger partial charge in [-0.1, -0.05) is 49.7 Å². The summed E-state index contributed by atoms with van der Waals surface area (Å²) < 4.78 is 0. The summed E-state index contributed by atoms with van der Waals surface area (Å²) in [6, 6.07) is 9.74. The predicted octanol–water partition coefficient (Wildman–Crippen LogP) is 5.15. The van der Waals surface area contributed by atoms with Crippen molar-refractivity contribution in [2.45, 2.75) is 47.5 Å². The molecule has 0 saturated carbocycles. The third-order valence-electron chi connectivity index (χ3n) is 4.83. The number of nitrogens with zero attached hydrogens (tertiary/aromatic N) is 1. The van der Waals surface area contributed by atoms with Gasteiger partial charge in [-0.2, -0.15) is 0 Å². The zero-order valence-corrected chi connectivity index (χ0v) is 17.9. The lowest BCUT2D eigenvalue weighted by molar-refractivity contribution is -0.116. The number of anilines is 2. The van der Waals surface area contributed by atoms with Crippen molar-refractivity contribution >= 4 is 23.3 Å². The van der Waals surface area contributed by atoms with Gasteiger partial charge in [0.15, 0.2) is 0 Å². The number of carbonyl (C=O) groups is 2. The van der Waals surface area contributed by atoms with Gasteiger partial charge in [-0.15, -0.1) is 0 Å². The van der Waals surface area contributed by atoms with Gasteiger partial charge in [0.1, 0.15) is 6.54 Å². The number of benzene rings is 2. The minimum absolute atomic E-state index is 0.0263. The average Bonchev–Trinajstić information content (AvgIpc) is 2.59. The molecule has 28 heavy (non-hydrogen) atoms. The van der Waals surface area contributed by atoms with E-state index in [1.807, 2.05) is 58.0 Å². The van der Waals surface area contributed by atoms with Crippen LogP contribution in [0.5, 0.6) is 0 Å². The summed E-state index contributed by atoms with van der Waals surface area (Å²) in [5.41, 5.74) is 6.90. The fourth-order valence-corrected chi connectivity index (χ4v) is 3.39. The molecule has 0 atom stereocenters. The average molecular weight is 382 g/mol. The summed E-state index contributed by atoms with van der Waals surface area (Å²) in [6.07, 6.45) is 0. The largest absolute Gasteiger partial charge is 0.324 e. The van der Waals surface area contributed by atoms with E-state index in [0.717, 1.165) is 39.2 Å². The van der Waals surface area contributed by atoms with E-state index in [-0.39, 0.29) is 24.4 Å². The van der Waals surface area contributed by atoms with Gasteiger partial charge in [0.05, 0.1) is 0 Å². The number of rotatable bonds is 5. The Morgan fingerprint density at radius 1 is 0.929 bits per heavy atom. The molecule has 0 heterocycles. The number of hydrogen-bond donors (Lipinski definition) is 2. The molecule has 3 amide bonds.